The fourth-order valence-electron chi connectivity index (χ4n) is 6.17. The van der Waals surface area contributed by atoms with Gasteiger partial charge in [-0.05, 0) is 77.3 Å². The van der Waals surface area contributed by atoms with Gasteiger partial charge in [0.15, 0.2) is 29.7 Å². The third-order valence-corrected chi connectivity index (χ3v) is 8.28. The van der Waals surface area contributed by atoms with Crippen LogP contribution in [0.1, 0.15) is 85.1 Å². The van der Waals surface area contributed by atoms with Crippen molar-refractivity contribution in [2.24, 2.45) is 10.8 Å². The number of carbonyl (C=O) groups excluding carboxylic acids is 2. The van der Waals surface area contributed by atoms with Crippen molar-refractivity contribution < 1.29 is 29.0 Å². The molecule has 206 valence electrons. The number of aliphatic carboxylic acids is 1. The summed E-state index contributed by atoms with van der Waals surface area (Å²) >= 11 is 2.12. The van der Waals surface area contributed by atoms with Gasteiger partial charge in [-0.25, -0.2) is 4.79 Å². The highest BCUT2D eigenvalue weighted by Crippen LogP contribution is 2.55. The Morgan fingerprint density at radius 1 is 0.974 bits per heavy atom. The molecule has 1 aliphatic heterocycles. The van der Waals surface area contributed by atoms with E-state index in [0.29, 0.717) is 34.5 Å². The van der Waals surface area contributed by atoms with Gasteiger partial charge in [0.05, 0.1) is 10.2 Å². The molecule has 1 aromatic carbocycles. The van der Waals surface area contributed by atoms with Gasteiger partial charge in [-0.3, -0.25) is 9.59 Å². The lowest BCUT2D eigenvalue weighted by atomic mass is 9.63. The van der Waals surface area contributed by atoms with Gasteiger partial charge in [0.1, 0.15) is 0 Å². The lowest BCUT2D eigenvalue weighted by Gasteiger charge is -2.49. The first-order valence-corrected chi connectivity index (χ1v) is 14.5. The summed E-state index contributed by atoms with van der Waals surface area (Å²) in [5.41, 5.74) is 4.00. The summed E-state index contributed by atoms with van der Waals surface area (Å²) in [5.74, 6) is -0.607. The van der Waals surface area contributed by atoms with E-state index < -0.39 is 18.5 Å². The minimum absolute atomic E-state index is 0.0886. The van der Waals surface area contributed by atoms with Crippen LogP contribution >= 0.6 is 22.6 Å². The normalized spacial score (nSPS) is 20.9. The molecule has 1 heterocycles. The number of carbonyl (C=O) groups is 3. The Kier molecular flexibility index (Phi) is 8.04. The molecule has 1 N–H and O–H groups in total. The van der Waals surface area contributed by atoms with Crippen LogP contribution in [0.4, 0.5) is 0 Å². The maximum atomic E-state index is 13.9. The maximum absolute atomic E-state index is 13.9. The highest BCUT2D eigenvalue weighted by Gasteiger charge is 2.49. The van der Waals surface area contributed by atoms with Gasteiger partial charge in [0, 0.05) is 47.8 Å². The molecule has 0 radical (unpaired) electrons. The van der Waals surface area contributed by atoms with E-state index in [2.05, 4.69) is 62.1 Å². The third-order valence-electron chi connectivity index (χ3n) is 7.47. The van der Waals surface area contributed by atoms with Crippen molar-refractivity contribution in [2.45, 2.75) is 79.6 Å². The predicted molar refractivity (Wildman–Crippen MR) is 153 cm³/mol. The molecule has 0 unspecified atom stereocenters. The number of hydrogen-bond acceptors (Lipinski definition) is 6. The molecule has 0 saturated heterocycles. The van der Waals surface area contributed by atoms with Crippen LogP contribution in [-0.4, -0.2) is 47.3 Å². The first-order chi connectivity index (χ1) is 17.8. The summed E-state index contributed by atoms with van der Waals surface area (Å²) in [6, 6.07) is 3.74. The minimum Gasteiger partial charge on any atom is -0.490 e. The Morgan fingerprint density at radius 3 is 2.00 bits per heavy atom. The van der Waals surface area contributed by atoms with E-state index in [4.69, 9.17) is 14.6 Å². The van der Waals surface area contributed by atoms with Crippen LogP contribution in [0.25, 0.3) is 0 Å². The van der Waals surface area contributed by atoms with Gasteiger partial charge >= 0.3 is 5.97 Å². The van der Waals surface area contributed by atoms with Crippen molar-refractivity contribution in [3.05, 3.63) is 43.8 Å². The molecular weight excluding hydrogens is 597 g/mol. The number of nitrogens with zero attached hydrogens (tertiary/aromatic N) is 1. The summed E-state index contributed by atoms with van der Waals surface area (Å²) in [6.07, 6.45) is 3.31. The number of ether oxygens (including phenoxy) is 2. The molecule has 1 aromatic rings. The van der Waals surface area contributed by atoms with Gasteiger partial charge in [0.2, 0.25) is 0 Å². The Bertz CT molecular complexity index is 1190. The Labute approximate surface area is 238 Å². The van der Waals surface area contributed by atoms with Gasteiger partial charge < -0.3 is 19.5 Å². The number of carboxylic acid groups (broad SMARTS) is 1. The summed E-state index contributed by atoms with van der Waals surface area (Å²) in [7, 11) is 0. The average molecular weight is 636 g/mol. The largest absolute Gasteiger partial charge is 0.490 e. The minimum atomic E-state index is -1.08. The molecule has 38 heavy (non-hydrogen) atoms. The van der Waals surface area contributed by atoms with Gasteiger partial charge in [-0.15, -0.1) is 0 Å². The second kappa shape index (κ2) is 10.7. The quantitative estimate of drug-likeness (QED) is 0.338. The first kappa shape index (κ1) is 28.6. The topological polar surface area (TPSA) is 93.1 Å². The SMILES string of the molecule is CCCN1C2=C(C(=O)CC(C)(C)C2)C(c2cc(I)c(OCC(=O)O)c(OCC)c2)C2=C1CC(C)(C)CC2=O. The lowest BCUT2D eigenvalue weighted by molar-refractivity contribution is -0.139. The number of Topliss-reactive ketones (excluding diaryl/α,β-unsaturated/α-hetero) is 2. The molecule has 2 aliphatic carbocycles. The van der Waals surface area contributed by atoms with Gasteiger partial charge in [-0.1, -0.05) is 34.6 Å². The van der Waals surface area contributed by atoms with Gasteiger partial charge in [-0.2, -0.15) is 0 Å². The molecule has 3 aliphatic rings. The Balaban J connectivity index is 1.98. The van der Waals surface area contributed by atoms with Gasteiger partial charge in [0.25, 0.3) is 0 Å². The number of rotatable bonds is 8. The molecule has 0 bridgehead atoms. The molecule has 0 fully saturated rings. The number of benzene rings is 1. The van der Waals surface area contributed by atoms with Crippen molar-refractivity contribution >= 4 is 40.1 Å². The van der Waals surface area contributed by atoms with E-state index >= 15 is 0 Å². The zero-order valence-electron chi connectivity index (χ0n) is 23.2. The molecule has 4 rings (SSSR count). The van der Waals surface area contributed by atoms with E-state index in [9.17, 15) is 14.4 Å². The zero-order chi connectivity index (χ0) is 28.0. The molecule has 7 nitrogen and oxygen atoms in total. The molecule has 0 spiro atoms. The van der Waals surface area contributed by atoms with Crippen LogP contribution in [0.5, 0.6) is 11.5 Å². The monoisotopic (exact) mass is 635 g/mol. The van der Waals surface area contributed by atoms with Crippen molar-refractivity contribution in [3.63, 3.8) is 0 Å². The summed E-state index contributed by atoms with van der Waals surface area (Å²) in [6.45, 7) is 13.2. The van der Waals surface area contributed by atoms with E-state index in [0.717, 1.165) is 53.9 Å². The number of hydrogen-bond donors (Lipinski definition) is 1. The molecular formula is C30H38INO6. The van der Waals surface area contributed by atoms with E-state index in [1.54, 1.807) is 0 Å². The van der Waals surface area contributed by atoms with Crippen LogP contribution < -0.4 is 9.47 Å². The van der Waals surface area contributed by atoms with Crippen LogP contribution in [0.15, 0.2) is 34.7 Å². The predicted octanol–water partition coefficient (Wildman–Crippen LogP) is 6.25. The van der Waals surface area contributed by atoms with E-state index in [1.165, 1.54) is 0 Å². The zero-order valence-corrected chi connectivity index (χ0v) is 25.4. The van der Waals surface area contributed by atoms with Crippen LogP contribution in [-0.2, 0) is 14.4 Å². The van der Waals surface area contributed by atoms with Crippen molar-refractivity contribution in [1.29, 1.82) is 0 Å². The van der Waals surface area contributed by atoms with Crippen molar-refractivity contribution in [1.82, 2.24) is 4.90 Å². The van der Waals surface area contributed by atoms with Crippen molar-refractivity contribution in [2.75, 3.05) is 19.8 Å². The smallest absolute Gasteiger partial charge is 0.341 e. The van der Waals surface area contributed by atoms with E-state index in [-0.39, 0.29) is 22.4 Å². The highest BCUT2D eigenvalue weighted by atomic mass is 127. The summed E-state index contributed by atoms with van der Waals surface area (Å²) in [4.78, 5) is 41.2. The number of ketones is 2. The number of halogens is 1. The highest BCUT2D eigenvalue weighted by molar-refractivity contribution is 14.1. The maximum Gasteiger partial charge on any atom is 0.341 e. The Morgan fingerprint density at radius 2 is 1.53 bits per heavy atom. The van der Waals surface area contributed by atoms with Crippen LogP contribution in [0, 0.1) is 14.4 Å². The average Bonchev–Trinajstić information content (AvgIpc) is 2.77. The van der Waals surface area contributed by atoms with Crippen LogP contribution in [0.2, 0.25) is 0 Å². The Hall–Kier alpha value is -2.36. The molecule has 0 saturated carbocycles. The number of carboxylic acids is 1. The summed E-state index contributed by atoms with van der Waals surface area (Å²) < 4.78 is 12.2. The van der Waals surface area contributed by atoms with E-state index in [1.807, 2.05) is 19.1 Å². The second-order valence-electron chi connectivity index (χ2n) is 12.1. The van der Waals surface area contributed by atoms with Crippen LogP contribution in [0.3, 0.4) is 0 Å². The fraction of sp³-hybridized carbons (Fsp3) is 0.567. The fourth-order valence-corrected chi connectivity index (χ4v) is 6.95. The molecule has 0 aromatic heterocycles. The second-order valence-corrected chi connectivity index (χ2v) is 13.3. The standard InChI is InChI=1S/C30H38INO6/c1-7-9-32-19-12-29(3,4)14-21(33)26(19)25(27-20(32)13-30(5,6)15-22(27)34)17-10-18(31)28(38-16-24(35)36)23(11-17)37-8-2/h10-11,25H,7-9,12-16H2,1-6H3,(H,35,36). The first-order valence-electron chi connectivity index (χ1n) is 13.4. The molecule has 0 atom stereocenters. The van der Waals surface area contributed by atoms with Crippen molar-refractivity contribution in [3.8, 4) is 11.5 Å². The lowest BCUT2D eigenvalue weighted by Crippen LogP contribution is -2.44. The molecule has 0 amide bonds. The summed E-state index contributed by atoms with van der Waals surface area (Å²) in [5, 5.41) is 9.16. The molecule has 8 heteroatoms. The third kappa shape index (κ3) is 5.51. The number of allylic oxidation sites excluding steroid dienone is 4.